The molecule has 2 fully saturated rings. The first-order valence-corrected chi connectivity index (χ1v) is 11.5. The number of hydrogen-bond acceptors (Lipinski definition) is 6. The van der Waals surface area contributed by atoms with E-state index in [2.05, 4.69) is 34.0 Å². The molecule has 170 valence electrons. The summed E-state index contributed by atoms with van der Waals surface area (Å²) in [5, 5.41) is 3.55. The van der Waals surface area contributed by atoms with Gasteiger partial charge in [-0.05, 0) is 49.2 Å². The smallest absolute Gasteiger partial charge is 0.272 e. The topological polar surface area (TPSA) is 78.9 Å². The molecule has 4 aromatic rings. The number of aromatic nitrogens is 3. The molecule has 1 amide bonds. The maximum absolute atomic E-state index is 13.3. The van der Waals surface area contributed by atoms with Gasteiger partial charge in [-0.1, -0.05) is 6.07 Å². The highest BCUT2D eigenvalue weighted by Gasteiger charge is 2.39. The fraction of sp³-hybridized carbons (Fsp3) is 0.400. The van der Waals surface area contributed by atoms with Crippen LogP contribution in [0.1, 0.15) is 30.2 Å². The van der Waals surface area contributed by atoms with Crippen molar-refractivity contribution in [1.82, 2.24) is 29.5 Å². The summed E-state index contributed by atoms with van der Waals surface area (Å²) in [4.78, 5) is 26.6. The second-order valence-corrected chi connectivity index (χ2v) is 9.85. The molecule has 5 heterocycles. The summed E-state index contributed by atoms with van der Waals surface area (Å²) in [6.07, 6.45) is 3.67. The van der Waals surface area contributed by atoms with Crippen LogP contribution >= 0.6 is 0 Å². The van der Waals surface area contributed by atoms with Crippen molar-refractivity contribution in [3.8, 4) is 11.1 Å². The highest BCUT2D eigenvalue weighted by atomic mass is 16.3. The number of aryl methyl sites for hydroxylation is 1. The van der Waals surface area contributed by atoms with E-state index in [1.165, 1.54) is 0 Å². The van der Waals surface area contributed by atoms with Crippen LogP contribution in [-0.2, 0) is 0 Å². The second-order valence-electron chi connectivity index (χ2n) is 9.85. The largest absolute Gasteiger partial charge is 0.441 e. The minimum Gasteiger partial charge on any atom is -0.441 e. The van der Waals surface area contributed by atoms with Gasteiger partial charge in [-0.15, -0.1) is 0 Å². The van der Waals surface area contributed by atoms with Gasteiger partial charge in [-0.25, -0.2) is 9.97 Å². The standard InChI is InChI=1S/C25H28N6O2/c1-16-28-20-10-17(4-6-22(20)33-16)18-5-7-23-26-11-21(31(23)12-18)24(32)30-13-19(14-30)29-9-8-27-25(2,3)15-29/h4-7,10-12,19,27H,8-9,13-15H2,1-3H3. The highest BCUT2D eigenvalue weighted by Crippen LogP contribution is 2.27. The van der Waals surface area contributed by atoms with E-state index in [-0.39, 0.29) is 11.4 Å². The van der Waals surface area contributed by atoms with Gasteiger partial charge < -0.3 is 14.6 Å². The van der Waals surface area contributed by atoms with Gasteiger partial charge in [0.05, 0.1) is 6.20 Å². The fourth-order valence-corrected chi connectivity index (χ4v) is 5.04. The van der Waals surface area contributed by atoms with Gasteiger partial charge in [0, 0.05) is 57.4 Å². The van der Waals surface area contributed by atoms with Crippen molar-refractivity contribution in [3.63, 3.8) is 0 Å². The van der Waals surface area contributed by atoms with Crippen LogP contribution in [0.2, 0.25) is 0 Å². The van der Waals surface area contributed by atoms with Gasteiger partial charge in [-0.3, -0.25) is 14.1 Å². The second kappa shape index (κ2) is 7.40. The summed E-state index contributed by atoms with van der Waals surface area (Å²) in [6, 6.07) is 10.4. The number of carbonyl (C=O) groups excluding carboxylic acids is 1. The zero-order valence-corrected chi connectivity index (χ0v) is 19.2. The van der Waals surface area contributed by atoms with Gasteiger partial charge in [0.25, 0.3) is 5.91 Å². The van der Waals surface area contributed by atoms with Crippen LogP contribution in [0.15, 0.2) is 47.1 Å². The van der Waals surface area contributed by atoms with E-state index in [1.807, 2.05) is 52.8 Å². The van der Waals surface area contributed by atoms with Gasteiger partial charge in [0.2, 0.25) is 0 Å². The zero-order valence-electron chi connectivity index (χ0n) is 19.2. The van der Waals surface area contributed by atoms with E-state index in [0.717, 1.165) is 60.6 Å². The number of nitrogens with zero attached hydrogens (tertiary/aromatic N) is 5. The zero-order chi connectivity index (χ0) is 22.7. The maximum atomic E-state index is 13.3. The molecule has 2 saturated heterocycles. The van der Waals surface area contributed by atoms with Crippen LogP contribution in [0.25, 0.3) is 27.9 Å². The Kier molecular flexibility index (Phi) is 4.57. The number of pyridine rings is 1. The van der Waals surface area contributed by atoms with Crippen LogP contribution in [0, 0.1) is 6.92 Å². The molecule has 8 nitrogen and oxygen atoms in total. The number of oxazole rings is 1. The minimum absolute atomic E-state index is 0.0351. The third-order valence-electron chi connectivity index (χ3n) is 6.82. The number of piperazine rings is 1. The fourth-order valence-electron chi connectivity index (χ4n) is 5.04. The third kappa shape index (κ3) is 3.59. The van der Waals surface area contributed by atoms with Gasteiger partial charge in [0.1, 0.15) is 16.9 Å². The SMILES string of the molecule is Cc1nc2cc(-c3ccc4ncc(C(=O)N5CC(N6CCNC(C)(C)C6)C5)n4c3)ccc2o1. The summed E-state index contributed by atoms with van der Waals surface area (Å²) in [6.45, 7) is 10.9. The predicted octanol–water partition coefficient (Wildman–Crippen LogP) is 2.96. The van der Waals surface area contributed by atoms with Crippen molar-refractivity contribution >= 4 is 22.7 Å². The van der Waals surface area contributed by atoms with E-state index in [1.54, 1.807) is 6.20 Å². The first kappa shape index (κ1) is 20.4. The van der Waals surface area contributed by atoms with Crippen LogP contribution < -0.4 is 5.32 Å². The Balaban J connectivity index is 1.23. The minimum atomic E-state index is 0.0351. The van der Waals surface area contributed by atoms with E-state index in [0.29, 0.717) is 17.6 Å². The van der Waals surface area contributed by atoms with Gasteiger partial charge in [-0.2, -0.15) is 0 Å². The lowest BCUT2D eigenvalue weighted by Gasteiger charge is -2.50. The van der Waals surface area contributed by atoms with Crippen LogP contribution in [0.3, 0.4) is 0 Å². The Morgan fingerprint density at radius 2 is 2.00 bits per heavy atom. The number of nitrogens with one attached hydrogen (secondary N) is 1. The van der Waals surface area contributed by atoms with Crippen molar-refractivity contribution in [1.29, 1.82) is 0 Å². The molecule has 0 radical (unpaired) electrons. The summed E-state index contributed by atoms with van der Waals surface area (Å²) in [7, 11) is 0. The van der Waals surface area contributed by atoms with E-state index >= 15 is 0 Å². The molecule has 0 atom stereocenters. The average molecular weight is 445 g/mol. The number of hydrogen-bond donors (Lipinski definition) is 1. The molecular weight excluding hydrogens is 416 g/mol. The maximum Gasteiger partial charge on any atom is 0.272 e. The Hall–Kier alpha value is -3.23. The molecule has 2 aliphatic heterocycles. The number of benzene rings is 1. The first-order valence-electron chi connectivity index (χ1n) is 11.5. The third-order valence-corrected chi connectivity index (χ3v) is 6.82. The van der Waals surface area contributed by atoms with Crippen molar-refractivity contribution in [2.45, 2.75) is 32.4 Å². The van der Waals surface area contributed by atoms with Crippen LogP contribution in [0.4, 0.5) is 0 Å². The van der Waals surface area contributed by atoms with Crippen molar-refractivity contribution in [3.05, 3.63) is 54.3 Å². The predicted molar refractivity (Wildman–Crippen MR) is 126 cm³/mol. The van der Waals surface area contributed by atoms with Crippen LogP contribution in [0.5, 0.6) is 0 Å². The summed E-state index contributed by atoms with van der Waals surface area (Å²) < 4.78 is 7.49. The van der Waals surface area contributed by atoms with E-state index in [4.69, 9.17) is 4.42 Å². The summed E-state index contributed by atoms with van der Waals surface area (Å²) in [5.41, 5.74) is 5.11. The first-order chi connectivity index (χ1) is 15.9. The normalized spacial score (nSPS) is 19.3. The molecule has 1 aromatic carbocycles. The molecule has 0 aliphatic carbocycles. The Bertz CT molecular complexity index is 1360. The lowest BCUT2D eigenvalue weighted by Crippen LogP contribution is -2.67. The summed E-state index contributed by atoms with van der Waals surface area (Å²) >= 11 is 0. The Morgan fingerprint density at radius 3 is 2.82 bits per heavy atom. The molecule has 8 heteroatoms. The van der Waals surface area contributed by atoms with E-state index in [9.17, 15) is 4.79 Å². The summed E-state index contributed by atoms with van der Waals surface area (Å²) in [5.74, 6) is 0.685. The molecule has 6 rings (SSSR count). The molecule has 3 aromatic heterocycles. The molecule has 0 unspecified atom stereocenters. The Labute approximate surface area is 192 Å². The molecule has 0 saturated carbocycles. The lowest BCUT2D eigenvalue weighted by molar-refractivity contribution is 0.00824. The quantitative estimate of drug-likeness (QED) is 0.524. The molecule has 0 spiro atoms. The number of carbonyl (C=O) groups is 1. The number of amides is 1. The molecule has 0 bridgehead atoms. The number of imidazole rings is 1. The monoisotopic (exact) mass is 444 g/mol. The van der Waals surface area contributed by atoms with Gasteiger partial charge >= 0.3 is 0 Å². The van der Waals surface area contributed by atoms with E-state index < -0.39 is 0 Å². The van der Waals surface area contributed by atoms with Crippen molar-refractivity contribution in [2.75, 3.05) is 32.7 Å². The number of likely N-dealkylation sites (tertiary alicyclic amines) is 1. The number of rotatable bonds is 3. The molecule has 33 heavy (non-hydrogen) atoms. The van der Waals surface area contributed by atoms with Crippen LogP contribution in [-0.4, -0.2) is 74.4 Å². The lowest BCUT2D eigenvalue weighted by atomic mass is 9.98. The molecular formula is C25H28N6O2. The number of fused-ring (bicyclic) bond motifs is 2. The Morgan fingerprint density at radius 1 is 1.18 bits per heavy atom. The van der Waals surface area contributed by atoms with Crippen molar-refractivity contribution < 1.29 is 9.21 Å². The highest BCUT2D eigenvalue weighted by molar-refractivity contribution is 5.94. The average Bonchev–Trinajstić information content (AvgIpc) is 3.33. The molecule has 1 N–H and O–H groups in total. The van der Waals surface area contributed by atoms with Gasteiger partial charge in [0.15, 0.2) is 11.5 Å². The molecule has 2 aliphatic rings. The van der Waals surface area contributed by atoms with Crippen molar-refractivity contribution in [2.24, 2.45) is 0 Å².